The summed E-state index contributed by atoms with van der Waals surface area (Å²) in [6.07, 6.45) is 0. The van der Waals surface area contributed by atoms with Gasteiger partial charge in [-0.2, -0.15) is 0 Å². The summed E-state index contributed by atoms with van der Waals surface area (Å²) in [4.78, 5) is 11.5. The summed E-state index contributed by atoms with van der Waals surface area (Å²) in [7, 11) is 1.48. The van der Waals surface area contributed by atoms with Crippen LogP contribution in [0.4, 0.5) is 0 Å². The van der Waals surface area contributed by atoms with E-state index in [-0.39, 0.29) is 11.7 Å². The fraction of sp³-hybridized carbons (Fsp3) is 0.300. The number of ether oxygens (including phenoxy) is 1. The number of halogens is 2. The Kier molecular flexibility index (Phi) is 3.78. The van der Waals surface area contributed by atoms with E-state index in [9.17, 15) is 4.79 Å². The van der Waals surface area contributed by atoms with E-state index in [1.54, 1.807) is 12.1 Å². The molecule has 0 spiro atoms. The Morgan fingerprint density at radius 3 is 2.64 bits per heavy atom. The Balaban J connectivity index is 3.37. The number of Topliss-reactive ketones (excluding diaryl/α,β-unsaturated/α-hetero) is 1. The maximum atomic E-state index is 11.5. The summed E-state index contributed by atoms with van der Waals surface area (Å²) in [5.41, 5.74) is 1.28. The number of hydrogen-bond donors (Lipinski definition) is 0. The highest BCUT2D eigenvalue weighted by molar-refractivity contribution is 6.34. The molecule has 0 aliphatic carbocycles. The van der Waals surface area contributed by atoms with Crippen molar-refractivity contribution in [2.45, 2.75) is 6.92 Å². The predicted molar refractivity (Wildman–Crippen MR) is 57.8 cm³/mol. The molecule has 0 radical (unpaired) electrons. The van der Waals surface area contributed by atoms with Crippen LogP contribution in [0.25, 0.3) is 0 Å². The lowest BCUT2D eigenvalue weighted by atomic mass is 10.0. The van der Waals surface area contributed by atoms with Gasteiger partial charge in [0.2, 0.25) is 0 Å². The van der Waals surface area contributed by atoms with Gasteiger partial charge in [-0.1, -0.05) is 17.7 Å². The minimum Gasteiger partial charge on any atom is -0.494 e. The standard InChI is InChI=1S/C10H10Cl2O2/c1-6-3-4-7(12)10(14-2)9(6)8(13)5-11/h3-4H,5H2,1-2H3. The van der Waals surface area contributed by atoms with Crippen molar-refractivity contribution < 1.29 is 9.53 Å². The van der Waals surface area contributed by atoms with E-state index in [4.69, 9.17) is 27.9 Å². The molecule has 0 heterocycles. The van der Waals surface area contributed by atoms with Crippen LogP contribution in [-0.4, -0.2) is 18.8 Å². The van der Waals surface area contributed by atoms with Gasteiger partial charge in [0.25, 0.3) is 0 Å². The third-order valence-electron chi connectivity index (χ3n) is 1.92. The molecule has 76 valence electrons. The van der Waals surface area contributed by atoms with Gasteiger partial charge in [-0.05, 0) is 18.6 Å². The van der Waals surface area contributed by atoms with E-state index in [0.717, 1.165) is 5.56 Å². The van der Waals surface area contributed by atoms with Crippen LogP contribution in [0.1, 0.15) is 15.9 Å². The van der Waals surface area contributed by atoms with Gasteiger partial charge in [-0.3, -0.25) is 4.79 Å². The van der Waals surface area contributed by atoms with Gasteiger partial charge in [0.1, 0.15) is 5.75 Å². The highest BCUT2D eigenvalue weighted by Gasteiger charge is 2.16. The molecule has 0 amide bonds. The normalized spacial score (nSPS) is 10.0. The molecule has 0 fully saturated rings. The number of rotatable bonds is 3. The Labute approximate surface area is 92.8 Å². The number of carbonyl (C=O) groups is 1. The molecule has 0 atom stereocenters. The van der Waals surface area contributed by atoms with Crippen molar-refractivity contribution in [1.29, 1.82) is 0 Å². The summed E-state index contributed by atoms with van der Waals surface area (Å²) in [5, 5.41) is 0.423. The Morgan fingerprint density at radius 2 is 2.14 bits per heavy atom. The Hall–Kier alpha value is -0.730. The average molecular weight is 233 g/mol. The number of hydrogen-bond acceptors (Lipinski definition) is 2. The first kappa shape index (κ1) is 11.3. The molecule has 0 saturated heterocycles. The van der Waals surface area contributed by atoms with Crippen molar-refractivity contribution in [1.82, 2.24) is 0 Å². The van der Waals surface area contributed by atoms with Crippen molar-refractivity contribution in [3.8, 4) is 5.75 Å². The first-order valence-electron chi connectivity index (χ1n) is 4.04. The number of alkyl halides is 1. The highest BCUT2D eigenvalue weighted by Crippen LogP contribution is 2.31. The second kappa shape index (κ2) is 4.67. The third kappa shape index (κ3) is 2.02. The third-order valence-corrected chi connectivity index (χ3v) is 2.46. The second-order valence-electron chi connectivity index (χ2n) is 2.83. The van der Waals surface area contributed by atoms with Gasteiger partial charge >= 0.3 is 0 Å². The minimum absolute atomic E-state index is 0.0719. The molecule has 0 saturated carbocycles. The molecule has 0 bridgehead atoms. The molecule has 1 aromatic rings. The van der Waals surface area contributed by atoms with Crippen LogP contribution >= 0.6 is 23.2 Å². The average Bonchev–Trinajstić information content (AvgIpc) is 2.19. The monoisotopic (exact) mass is 232 g/mol. The number of ketones is 1. The zero-order valence-electron chi connectivity index (χ0n) is 7.93. The van der Waals surface area contributed by atoms with Crippen LogP contribution in [0, 0.1) is 6.92 Å². The summed E-state index contributed by atoms with van der Waals surface area (Å²) in [6.45, 7) is 1.82. The van der Waals surface area contributed by atoms with E-state index in [2.05, 4.69) is 0 Å². The molecule has 0 unspecified atom stereocenters. The molecule has 1 aromatic carbocycles. The van der Waals surface area contributed by atoms with Gasteiger partial charge in [-0.15, -0.1) is 11.6 Å². The molecule has 0 N–H and O–H groups in total. The first-order valence-corrected chi connectivity index (χ1v) is 4.95. The largest absolute Gasteiger partial charge is 0.494 e. The quantitative estimate of drug-likeness (QED) is 0.592. The minimum atomic E-state index is -0.177. The maximum absolute atomic E-state index is 11.5. The lowest BCUT2D eigenvalue weighted by Crippen LogP contribution is -2.06. The van der Waals surface area contributed by atoms with Crippen molar-refractivity contribution >= 4 is 29.0 Å². The summed E-state index contributed by atoms with van der Waals surface area (Å²) < 4.78 is 5.07. The van der Waals surface area contributed by atoms with Gasteiger partial charge in [0.15, 0.2) is 5.78 Å². The molecule has 0 aromatic heterocycles. The molecular weight excluding hydrogens is 223 g/mol. The second-order valence-corrected chi connectivity index (χ2v) is 3.50. The molecule has 4 heteroatoms. The lowest BCUT2D eigenvalue weighted by Gasteiger charge is -2.10. The van der Waals surface area contributed by atoms with E-state index < -0.39 is 0 Å². The van der Waals surface area contributed by atoms with Crippen LogP contribution in [0.5, 0.6) is 5.75 Å². The smallest absolute Gasteiger partial charge is 0.181 e. The number of aryl methyl sites for hydroxylation is 1. The van der Waals surface area contributed by atoms with Gasteiger partial charge in [0.05, 0.1) is 23.6 Å². The molecule has 0 aliphatic rings. The first-order chi connectivity index (χ1) is 6.61. The lowest BCUT2D eigenvalue weighted by molar-refractivity contribution is 0.101. The van der Waals surface area contributed by atoms with Crippen molar-refractivity contribution in [3.63, 3.8) is 0 Å². The van der Waals surface area contributed by atoms with Crippen LogP contribution in [0.2, 0.25) is 5.02 Å². The zero-order valence-corrected chi connectivity index (χ0v) is 9.45. The van der Waals surface area contributed by atoms with Gasteiger partial charge in [0, 0.05) is 0 Å². The van der Waals surface area contributed by atoms with Crippen LogP contribution in [-0.2, 0) is 0 Å². The Morgan fingerprint density at radius 1 is 1.50 bits per heavy atom. The molecule has 1 rings (SSSR count). The van der Waals surface area contributed by atoms with Gasteiger partial charge in [-0.25, -0.2) is 0 Å². The Bertz CT molecular complexity index is 361. The molecular formula is C10H10Cl2O2. The van der Waals surface area contributed by atoms with Crippen LogP contribution < -0.4 is 4.74 Å². The van der Waals surface area contributed by atoms with E-state index in [1.165, 1.54) is 7.11 Å². The van der Waals surface area contributed by atoms with Gasteiger partial charge < -0.3 is 4.74 Å². The number of benzene rings is 1. The molecule has 2 nitrogen and oxygen atoms in total. The number of carbonyl (C=O) groups excluding carboxylic acids is 1. The van der Waals surface area contributed by atoms with Crippen molar-refractivity contribution in [2.75, 3.05) is 13.0 Å². The SMILES string of the molecule is COc1c(Cl)ccc(C)c1C(=O)CCl. The maximum Gasteiger partial charge on any atom is 0.181 e. The van der Waals surface area contributed by atoms with E-state index >= 15 is 0 Å². The fourth-order valence-corrected chi connectivity index (χ4v) is 1.64. The summed E-state index contributed by atoms with van der Waals surface area (Å²) in [6, 6.07) is 3.46. The highest BCUT2D eigenvalue weighted by atomic mass is 35.5. The fourth-order valence-electron chi connectivity index (χ4n) is 1.27. The zero-order chi connectivity index (χ0) is 10.7. The summed E-state index contributed by atoms with van der Waals surface area (Å²) >= 11 is 11.4. The molecule has 0 aliphatic heterocycles. The molecule has 14 heavy (non-hydrogen) atoms. The predicted octanol–water partition coefficient (Wildman–Crippen LogP) is 3.08. The van der Waals surface area contributed by atoms with Crippen molar-refractivity contribution in [3.05, 3.63) is 28.3 Å². The number of methoxy groups -OCH3 is 1. The topological polar surface area (TPSA) is 26.3 Å². The van der Waals surface area contributed by atoms with E-state index in [0.29, 0.717) is 16.3 Å². The van der Waals surface area contributed by atoms with Crippen LogP contribution in [0.15, 0.2) is 12.1 Å². The van der Waals surface area contributed by atoms with Crippen molar-refractivity contribution in [2.24, 2.45) is 0 Å². The van der Waals surface area contributed by atoms with Crippen LogP contribution in [0.3, 0.4) is 0 Å². The summed E-state index contributed by atoms with van der Waals surface area (Å²) in [5.74, 6) is 0.151. The van der Waals surface area contributed by atoms with E-state index in [1.807, 2.05) is 6.92 Å².